The number of nitrogens with one attached hydrogen (secondary N) is 1. The van der Waals surface area contributed by atoms with Crippen molar-refractivity contribution in [1.29, 1.82) is 0 Å². The van der Waals surface area contributed by atoms with Crippen molar-refractivity contribution in [3.8, 4) is 11.1 Å². The Bertz CT molecular complexity index is 773. The maximum absolute atomic E-state index is 13.4. The van der Waals surface area contributed by atoms with Gasteiger partial charge in [-0.15, -0.1) is 0 Å². The van der Waals surface area contributed by atoms with E-state index in [2.05, 4.69) is 38.1 Å². The molecule has 1 amide bonds. The molecule has 1 aliphatic rings. The smallest absolute Gasteiger partial charge is 0.325 e. The van der Waals surface area contributed by atoms with E-state index >= 15 is 0 Å². The zero-order valence-electron chi connectivity index (χ0n) is 14.8. The van der Waals surface area contributed by atoms with Gasteiger partial charge in [0.15, 0.2) is 0 Å². The Morgan fingerprint density at radius 3 is 2.12 bits per heavy atom. The molecule has 3 rings (SSSR count). The summed E-state index contributed by atoms with van der Waals surface area (Å²) in [5.74, 6) is -0.594. The molecular weight excluding hydrogens is 394 g/mol. The lowest BCUT2D eigenvalue weighted by Crippen LogP contribution is -2.46. The normalized spacial score (nSPS) is 13.6. The van der Waals surface area contributed by atoms with Crippen LogP contribution >= 0.6 is 15.9 Å². The van der Waals surface area contributed by atoms with E-state index in [1.165, 1.54) is 7.11 Å². The fourth-order valence-electron chi connectivity index (χ4n) is 3.81. The number of rotatable bonds is 7. The zero-order valence-corrected chi connectivity index (χ0v) is 16.3. The van der Waals surface area contributed by atoms with Gasteiger partial charge < -0.3 is 10.1 Å². The number of alkyl halides is 1. The van der Waals surface area contributed by atoms with E-state index in [9.17, 15) is 9.59 Å². The van der Waals surface area contributed by atoms with E-state index in [0.29, 0.717) is 6.42 Å². The van der Waals surface area contributed by atoms with E-state index in [4.69, 9.17) is 0 Å². The number of methoxy groups -OCH3 is 1. The quantitative estimate of drug-likeness (QED) is 0.424. The molecule has 0 saturated carbocycles. The number of hydrogen-bond acceptors (Lipinski definition) is 3. The first-order valence-corrected chi connectivity index (χ1v) is 9.87. The van der Waals surface area contributed by atoms with Crippen molar-refractivity contribution < 1.29 is 14.3 Å². The number of hydrogen-bond donors (Lipinski definition) is 1. The van der Waals surface area contributed by atoms with Crippen LogP contribution in [0.1, 0.15) is 30.4 Å². The summed E-state index contributed by atoms with van der Waals surface area (Å²) < 4.78 is 4.67. The minimum absolute atomic E-state index is 0.125. The van der Waals surface area contributed by atoms with Crippen molar-refractivity contribution in [2.45, 2.75) is 24.7 Å². The number of halogens is 1. The third-order valence-electron chi connectivity index (χ3n) is 5.01. The zero-order chi connectivity index (χ0) is 18.6. The Labute approximate surface area is 162 Å². The molecule has 0 unspecified atom stereocenters. The second kappa shape index (κ2) is 8.04. The molecule has 0 aromatic heterocycles. The first-order chi connectivity index (χ1) is 12.6. The van der Waals surface area contributed by atoms with Gasteiger partial charge in [-0.3, -0.25) is 9.59 Å². The molecule has 0 heterocycles. The van der Waals surface area contributed by atoms with Gasteiger partial charge in [0.05, 0.1) is 7.11 Å². The summed E-state index contributed by atoms with van der Waals surface area (Å²) >= 11 is 3.47. The van der Waals surface area contributed by atoms with Crippen molar-refractivity contribution in [3.63, 3.8) is 0 Å². The second-order valence-electron chi connectivity index (χ2n) is 6.40. The Hall–Kier alpha value is -2.14. The number of unbranched alkanes of at least 4 members (excludes halogenated alkanes) is 1. The molecule has 2 aromatic rings. The second-order valence-corrected chi connectivity index (χ2v) is 7.19. The summed E-state index contributed by atoms with van der Waals surface area (Å²) in [7, 11) is 1.32. The summed E-state index contributed by atoms with van der Waals surface area (Å²) in [4.78, 5) is 24.9. The van der Waals surface area contributed by atoms with Gasteiger partial charge in [0.25, 0.3) is 0 Å². The number of ether oxygens (including phenoxy) is 1. The summed E-state index contributed by atoms with van der Waals surface area (Å²) in [5.41, 5.74) is 3.44. The summed E-state index contributed by atoms with van der Waals surface area (Å²) in [6, 6.07) is 16.1. The van der Waals surface area contributed by atoms with Crippen LogP contribution in [-0.2, 0) is 19.7 Å². The van der Waals surface area contributed by atoms with Crippen LogP contribution in [0.15, 0.2) is 48.5 Å². The third kappa shape index (κ3) is 3.16. The lowest BCUT2D eigenvalue weighted by Gasteiger charge is -2.30. The average Bonchev–Trinajstić information content (AvgIpc) is 2.97. The molecule has 0 saturated heterocycles. The Kier molecular flexibility index (Phi) is 5.77. The number of fused-ring (bicyclic) bond motifs is 3. The monoisotopic (exact) mass is 415 g/mol. The number of amides is 1. The van der Waals surface area contributed by atoms with E-state index in [1.54, 1.807) is 0 Å². The molecule has 0 fully saturated rings. The van der Waals surface area contributed by atoms with Crippen LogP contribution in [0, 0.1) is 0 Å². The van der Waals surface area contributed by atoms with E-state index < -0.39 is 11.4 Å². The SMILES string of the molecule is COC(=O)CNC(=O)C1(CCCCBr)c2ccccc2-c2ccccc21. The largest absolute Gasteiger partial charge is 0.468 e. The topological polar surface area (TPSA) is 55.4 Å². The van der Waals surface area contributed by atoms with Crippen LogP contribution in [0.25, 0.3) is 11.1 Å². The van der Waals surface area contributed by atoms with E-state index in [1.807, 2.05) is 36.4 Å². The highest BCUT2D eigenvalue weighted by molar-refractivity contribution is 9.09. The minimum atomic E-state index is -0.774. The lowest BCUT2D eigenvalue weighted by molar-refractivity contribution is -0.141. The number of esters is 1. The van der Waals surface area contributed by atoms with Crippen molar-refractivity contribution >= 4 is 27.8 Å². The molecule has 4 nitrogen and oxygen atoms in total. The standard InChI is InChI=1S/C21H22BrNO3/c1-26-19(24)14-23-20(25)21(12-6-7-13-22)17-10-4-2-8-15(17)16-9-3-5-11-18(16)21/h2-5,8-11H,6-7,12-14H2,1H3,(H,23,25). The Morgan fingerprint density at radius 1 is 1.00 bits per heavy atom. The van der Waals surface area contributed by atoms with Crippen LogP contribution < -0.4 is 5.32 Å². The van der Waals surface area contributed by atoms with Crippen LogP contribution in [0.5, 0.6) is 0 Å². The van der Waals surface area contributed by atoms with Gasteiger partial charge >= 0.3 is 5.97 Å². The Balaban J connectivity index is 2.08. The van der Waals surface area contributed by atoms with Gasteiger partial charge in [0, 0.05) is 5.33 Å². The van der Waals surface area contributed by atoms with Gasteiger partial charge in [-0.05, 0) is 35.1 Å². The molecular formula is C21H22BrNO3. The summed E-state index contributed by atoms with van der Waals surface area (Å²) in [6.07, 6.45) is 2.58. The van der Waals surface area contributed by atoms with Crippen molar-refractivity contribution in [1.82, 2.24) is 5.32 Å². The summed E-state index contributed by atoms with van der Waals surface area (Å²) in [5, 5.41) is 3.70. The molecule has 0 aliphatic heterocycles. The molecule has 0 spiro atoms. The van der Waals surface area contributed by atoms with Crippen LogP contribution in [-0.4, -0.2) is 30.9 Å². The lowest BCUT2D eigenvalue weighted by atomic mass is 9.73. The van der Waals surface area contributed by atoms with Gasteiger partial charge in [0.2, 0.25) is 5.91 Å². The van der Waals surface area contributed by atoms with E-state index in [-0.39, 0.29) is 12.5 Å². The molecule has 2 aromatic carbocycles. The fraction of sp³-hybridized carbons (Fsp3) is 0.333. The first-order valence-electron chi connectivity index (χ1n) is 8.75. The van der Waals surface area contributed by atoms with Gasteiger partial charge in [-0.1, -0.05) is 70.9 Å². The third-order valence-corrected chi connectivity index (χ3v) is 5.57. The predicted molar refractivity (Wildman–Crippen MR) is 105 cm³/mol. The van der Waals surface area contributed by atoms with Crippen molar-refractivity contribution in [3.05, 3.63) is 59.7 Å². The maximum Gasteiger partial charge on any atom is 0.325 e. The fourth-order valence-corrected chi connectivity index (χ4v) is 4.21. The highest BCUT2D eigenvalue weighted by atomic mass is 79.9. The average molecular weight is 416 g/mol. The van der Waals surface area contributed by atoms with Gasteiger partial charge in [0.1, 0.15) is 12.0 Å². The minimum Gasteiger partial charge on any atom is -0.468 e. The summed E-state index contributed by atoms with van der Waals surface area (Å²) in [6.45, 7) is -0.125. The maximum atomic E-state index is 13.4. The highest BCUT2D eigenvalue weighted by Gasteiger charge is 2.48. The first kappa shape index (κ1) is 18.6. The van der Waals surface area contributed by atoms with Crippen LogP contribution in [0.2, 0.25) is 0 Å². The van der Waals surface area contributed by atoms with E-state index in [0.717, 1.165) is 40.4 Å². The van der Waals surface area contributed by atoms with Crippen LogP contribution in [0.3, 0.4) is 0 Å². The number of carbonyl (C=O) groups is 2. The van der Waals surface area contributed by atoms with Crippen LogP contribution in [0.4, 0.5) is 0 Å². The van der Waals surface area contributed by atoms with Crippen molar-refractivity contribution in [2.24, 2.45) is 0 Å². The molecule has 1 aliphatic carbocycles. The number of benzene rings is 2. The van der Waals surface area contributed by atoms with Gasteiger partial charge in [-0.25, -0.2) is 0 Å². The van der Waals surface area contributed by atoms with Crippen molar-refractivity contribution in [2.75, 3.05) is 19.0 Å². The Morgan fingerprint density at radius 2 is 1.58 bits per heavy atom. The molecule has 0 bridgehead atoms. The molecule has 1 N–H and O–H groups in total. The molecule has 0 atom stereocenters. The highest BCUT2D eigenvalue weighted by Crippen LogP contribution is 2.51. The molecule has 26 heavy (non-hydrogen) atoms. The number of carbonyl (C=O) groups excluding carboxylic acids is 2. The molecule has 0 radical (unpaired) electrons. The molecule has 5 heteroatoms. The van der Waals surface area contributed by atoms with Gasteiger partial charge in [-0.2, -0.15) is 0 Å². The predicted octanol–water partition coefficient (Wildman–Crippen LogP) is 3.81. The molecule has 136 valence electrons.